The fourth-order valence-electron chi connectivity index (χ4n) is 3.59. The largest absolute Gasteiger partial charge is 0.352 e. The van der Waals surface area contributed by atoms with Crippen LogP contribution in [0, 0.1) is 12.7 Å². The molecule has 1 heterocycles. The molecule has 3 aromatic rings. The lowest BCUT2D eigenvalue weighted by Crippen LogP contribution is -2.32. The molecule has 1 atom stereocenters. The molecule has 7 heteroatoms. The van der Waals surface area contributed by atoms with Gasteiger partial charge in [-0.1, -0.05) is 32.9 Å². The first-order valence-electron chi connectivity index (χ1n) is 11.0. The third kappa shape index (κ3) is 6.06. The van der Waals surface area contributed by atoms with E-state index in [4.69, 9.17) is 0 Å². The van der Waals surface area contributed by atoms with Gasteiger partial charge in [-0.3, -0.25) is 9.59 Å². The zero-order valence-electron chi connectivity index (χ0n) is 19.8. The fourth-order valence-corrected chi connectivity index (χ4v) is 3.59. The summed E-state index contributed by atoms with van der Waals surface area (Å²) in [4.78, 5) is 24.8. The van der Waals surface area contributed by atoms with Crippen molar-refractivity contribution in [1.29, 1.82) is 0 Å². The molecular formula is C26H31FN4O2. The van der Waals surface area contributed by atoms with E-state index >= 15 is 0 Å². The van der Waals surface area contributed by atoms with Crippen molar-refractivity contribution in [3.63, 3.8) is 0 Å². The topological polar surface area (TPSA) is 76.0 Å². The van der Waals surface area contributed by atoms with Crippen LogP contribution in [0.1, 0.15) is 67.3 Å². The molecule has 0 aliphatic rings. The molecule has 6 nitrogen and oxygen atoms in total. The Kier molecular flexibility index (Phi) is 7.31. The first kappa shape index (κ1) is 24.2. The lowest BCUT2D eigenvalue weighted by molar-refractivity contribution is -0.121. The van der Waals surface area contributed by atoms with Gasteiger partial charge >= 0.3 is 0 Å². The zero-order valence-corrected chi connectivity index (χ0v) is 19.8. The predicted molar refractivity (Wildman–Crippen MR) is 127 cm³/mol. The molecular weight excluding hydrogens is 419 g/mol. The van der Waals surface area contributed by atoms with Crippen LogP contribution in [0.15, 0.2) is 54.7 Å². The van der Waals surface area contributed by atoms with Crippen LogP contribution in [0.25, 0.3) is 5.69 Å². The second kappa shape index (κ2) is 9.98. The number of carbonyl (C=O) groups is 2. The van der Waals surface area contributed by atoms with Crippen molar-refractivity contribution in [3.8, 4) is 5.69 Å². The number of aromatic nitrogens is 2. The van der Waals surface area contributed by atoms with Crippen LogP contribution in [-0.4, -0.2) is 28.1 Å². The molecule has 1 aromatic heterocycles. The predicted octanol–water partition coefficient (Wildman–Crippen LogP) is 4.61. The summed E-state index contributed by atoms with van der Waals surface area (Å²) in [5.74, 6) is -0.675. The highest BCUT2D eigenvalue weighted by molar-refractivity contribution is 5.94. The molecule has 1 unspecified atom stereocenters. The second-order valence-electron chi connectivity index (χ2n) is 9.20. The maximum absolute atomic E-state index is 13.2. The van der Waals surface area contributed by atoms with Gasteiger partial charge in [0.15, 0.2) is 0 Å². The average molecular weight is 451 g/mol. The minimum atomic E-state index is -0.307. The van der Waals surface area contributed by atoms with E-state index in [2.05, 4.69) is 36.5 Å². The Hall–Kier alpha value is -3.48. The first-order valence-corrected chi connectivity index (χ1v) is 11.0. The van der Waals surface area contributed by atoms with E-state index in [-0.39, 0.29) is 42.1 Å². The summed E-state index contributed by atoms with van der Waals surface area (Å²) < 4.78 is 14.9. The number of halogens is 1. The number of carbonyl (C=O) groups excluding carboxylic acids is 2. The lowest BCUT2D eigenvalue weighted by atomic mass is 9.87. The third-order valence-electron chi connectivity index (χ3n) is 5.61. The minimum absolute atomic E-state index is 0.0255. The van der Waals surface area contributed by atoms with Gasteiger partial charge in [-0.15, -0.1) is 0 Å². The van der Waals surface area contributed by atoms with Crippen LogP contribution in [0.4, 0.5) is 4.39 Å². The number of nitrogens with zero attached hydrogens (tertiary/aromatic N) is 2. The smallest absolute Gasteiger partial charge is 0.251 e. The van der Waals surface area contributed by atoms with Gasteiger partial charge in [0.1, 0.15) is 5.82 Å². The summed E-state index contributed by atoms with van der Waals surface area (Å²) in [6, 6.07) is 13.3. The van der Waals surface area contributed by atoms with E-state index < -0.39 is 0 Å². The summed E-state index contributed by atoms with van der Waals surface area (Å²) in [5, 5.41) is 10.1. The van der Waals surface area contributed by atoms with E-state index in [1.54, 1.807) is 35.1 Å². The second-order valence-corrected chi connectivity index (χ2v) is 9.20. The Morgan fingerprint density at radius 2 is 1.70 bits per heavy atom. The van der Waals surface area contributed by atoms with Gasteiger partial charge in [0.2, 0.25) is 5.91 Å². The van der Waals surface area contributed by atoms with Gasteiger partial charge in [0.25, 0.3) is 5.91 Å². The molecule has 0 aliphatic carbocycles. The summed E-state index contributed by atoms with van der Waals surface area (Å²) in [6.45, 7) is 10.4. The Balaban J connectivity index is 1.51. The lowest BCUT2D eigenvalue weighted by Gasteiger charge is -2.19. The molecule has 0 radical (unpaired) electrons. The standard InChI is InChI=1S/C26H31FN4O2/c1-17(23-16-29-31(18(23)2)22-12-10-21(27)11-13-22)30-24(32)14-15-28-25(33)19-6-8-20(9-7-19)26(3,4)5/h6-13,16-17H,14-15H2,1-5H3,(H,28,33)(H,30,32). The van der Waals surface area contributed by atoms with E-state index in [1.807, 2.05) is 26.0 Å². The van der Waals surface area contributed by atoms with E-state index in [0.29, 0.717) is 5.56 Å². The molecule has 0 saturated carbocycles. The summed E-state index contributed by atoms with van der Waals surface area (Å²) in [7, 11) is 0. The Morgan fingerprint density at radius 3 is 2.30 bits per heavy atom. The van der Waals surface area contributed by atoms with Crippen LogP contribution in [-0.2, 0) is 10.2 Å². The fraction of sp³-hybridized carbons (Fsp3) is 0.346. The number of hydrogen-bond donors (Lipinski definition) is 2. The third-order valence-corrected chi connectivity index (χ3v) is 5.61. The number of rotatable bonds is 7. The zero-order chi connectivity index (χ0) is 24.2. The van der Waals surface area contributed by atoms with Gasteiger partial charge in [0, 0.05) is 29.8 Å². The number of nitrogens with one attached hydrogen (secondary N) is 2. The van der Waals surface area contributed by atoms with Crippen molar-refractivity contribution in [3.05, 3.63) is 82.9 Å². The molecule has 0 saturated heterocycles. The van der Waals surface area contributed by atoms with E-state index in [1.165, 1.54) is 12.1 Å². The molecule has 2 amide bonds. The van der Waals surface area contributed by atoms with Gasteiger partial charge in [-0.05, 0) is 61.2 Å². The molecule has 0 fully saturated rings. The summed E-state index contributed by atoms with van der Waals surface area (Å²) in [5.41, 5.74) is 4.23. The van der Waals surface area contributed by atoms with Gasteiger partial charge < -0.3 is 10.6 Å². The molecule has 3 rings (SSSR count). The van der Waals surface area contributed by atoms with Crippen LogP contribution in [0.2, 0.25) is 0 Å². The van der Waals surface area contributed by atoms with Crippen molar-refractivity contribution < 1.29 is 14.0 Å². The highest BCUT2D eigenvalue weighted by Gasteiger charge is 2.17. The van der Waals surface area contributed by atoms with Crippen molar-refractivity contribution in [2.75, 3.05) is 6.54 Å². The maximum atomic E-state index is 13.2. The monoisotopic (exact) mass is 450 g/mol. The minimum Gasteiger partial charge on any atom is -0.352 e. The summed E-state index contributed by atoms with van der Waals surface area (Å²) >= 11 is 0. The number of amides is 2. The Morgan fingerprint density at radius 1 is 1.06 bits per heavy atom. The van der Waals surface area contributed by atoms with E-state index in [9.17, 15) is 14.0 Å². The molecule has 0 aliphatic heterocycles. The SMILES string of the molecule is Cc1c(C(C)NC(=O)CCNC(=O)c2ccc(C(C)(C)C)cc2)cnn1-c1ccc(F)cc1. The number of benzene rings is 2. The molecule has 2 N–H and O–H groups in total. The average Bonchev–Trinajstić information content (AvgIpc) is 3.15. The highest BCUT2D eigenvalue weighted by Crippen LogP contribution is 2.22. The Labute approximate surface area is 194 Å². The summed E-state index contributed by atoms with van der Waals surface area (Å²) in [6.07, 6.45) is 1.87. The number of hydrogen-bond acceptors (Lipinski definition) is 3. The van der Waals surface area contributed by atoms with Crippen molar-refractivity contribution >= 4 is 11.8 Å². The van der Waals surface area contributed by atoms with Crippen LogP contribution in [0.5, 0.6) is 0 Å². The highest BCUT2D eigenvalue weighted by atomic mass is 19.1. The Bertz CT molecular complexity index is 1110. The normalized spacial score (nSPS) is 12.3. The molecule has 174 valence electrons. The van der Waals surface area contributed by atoms with Crippen LogP contribution in [0.3, 0.4) is 0 Å². The van der Waals surface area contributed by atoms with Crippen LogP contribution >= 0.6 is 0 Å². The van der Waals surface area contributed by atoms with Crippen LogP contribution < -0.4 is 10.6 Å². The van der Waals surface area contributed by atoms with Crippen molar-refractivity contribution in [2.24, 2.45) is 0 Å². The first-order chi connectivity index (χ1) is 15.6. The molecule has 2 aromatic carbocycles. The van der Waals surface area contributed by atoms with E-state index in [0.717, 1.165) is 22.5 Å². The molecule has 0 spiro atoms. The quantitative estimate of drug-likeness (QED) is 0.552. The molecule has 33 heavy (non-hydrogen) atoms. The van der Waals surface area contributed by atoms with Gasteiger partial charge in [0.05, 0.1) is 17.9 Å². The van der Waals surface area contributed by atoms with Crippen molar-refractivity contribution in [2.45, 2.75) is 52.5 Å². The van der Waals surface area contributed by atoms with Gasteiger partial charge in [-0.2, -0.15) is 5.10 Å². The van der Waals surface area contributed by atoms with Crippen molar-refractivity contribution in [1.82, 2.24) is 20.4 Å². The maximum Gasteiger partial charge on any atom is 0.251 e. The molecule has 0 bridgehead atoms. The van der Waals surface area contributed by atoms with Gasteiger partial charge in [-0.25, -0.2) is 9.07 Å².